The number of benzene rings is 4. The normalized spacial score (nSPS) is 13.4. The molecule has 1 aliphatic rings. The van der Waals surface area contributed by atoms with E-state index in [1.807, 2.05) is 73.4 Å². The van der Waals surface area contributed by atoms with Gasteiger partial charge in [0.05, 0.1) is 22.1 Å². The zero-order valence-electron chi connectivity index (χ0n) is 25.5. The molecule has 0 unspecified atom stereocenters. The molecular formula is C38H35BrN6O. The van der Waals surface area contributed by atoms with Crippen LogP contribution in [0.2, 0.25) is 0 Å². The van der Waals surface area contributed by atoms with E-state index in [1.54, 1.807) is 0 Å². The van der Waals surface area contributed by atoms with Crippen LogP contribution in [0, 0.1) is 0 Å². The number of fused-ring (bicyclic) bond motifs is 2. The summed E-state index contributed by atoms with van der Waals surface area (Å²) in [6.45, 7) is 4.05. The molecule has 0 radical (unpaired) electrons. The second-order valence-electron chi connectivity index (χ2n) is 11.4. The minimum Gasteiger partial charge on any atom is -0.476 e. The molecule has 4 heterocycles. The second kappa shape index (κ2) is 14.1. The Morgan fingerprint density at radius 2 is 1.22 bits per heavy atom. The van der Waals surface area contributed by atoms with E-state index in [1.165, 1.54) is 32.4 Å². The minimum absolute atomic E-state index is 0.685. The van der Waals surface area contributed by atoms with Crippen molar-refractivity contribution in [2.75, 3.05) is 26.2 Å². The van der Waals surface area contributed by atoms with Gasteiger partial charge in [-0.05, 0) is 92.2 Å². The molecule has 46 heavy (non-hydrogen) atoms. The Balaban J connectivity index is 0.000000177. The van der Waals surface area contributed by atoms with E-state index in [0.29, 0.717) is 12.5 Å². The van der Waals surface area contributed by atoms with Gasteiger partial charge in [-0.2, -0.15) is 0 Å². The molecule has 0 amide bonds. The number of para-hydroxylation sites is 2. The number of rotatable bonds is 7. The van der Waals surface area contributed by atoms with Crippen molar-refractivity contribution in [1.29, 1.82) is 0 Å². The van der Waals surface area contributed by atoms with Gasteiger partial charge in [-0.15, -0.1) is 0 Å². The number of hydrogen-bond donors (Lipinski definition) is 0. The Bertz CT molecular complexity index is 2020. The standard InChI is InChI=1S/C25H26N4O.C13H9BrN2/c1-3-7-22(8-4-1)29-19-27-23-17-20(9-11-24(23)29)21-10-12-25(26-18-21)30-16-15-28-13-5-2-6-14-28;14-10-6-7-13-12(8-10)15-9-16(13)11-4-2-1-3-5-11/h1,3-4,7-12,17-19H,2,5-6,13-16H2;1-9H. The van der Waals surface area contributed by atoms with Crippen molar-refractivity contribution < 1.29 is 4.74 Å². The van der Waals surface area contributed by atoms with Gasteiger partial charge in [0.1, 0.15) is 19.3 Å². The molecule has 8 rings (SSSR count). The first kappa shape index (κ1) is 29.9. The highest BCUT2D eigenvalue weighted by Gasteiger charge is 2.11. The molecule has 0 saturated carbocycles. The van der Waals surface area contributed by atoms with E-state index >= 15 is 0 Å². The molecule has 0 atom stereocenters. The van der Waals surface area contributed by atoms with Crippen molar-refractivity contribution in [3.63, 3.8) is 0 Å². The summed E-state index contributed by atoms with van der Waals surface area (Å²) in [6, 6.07) is 37.0. The lowest BCUT2D eigenvalue weighted by Crippen LogP contribution is -2.33. The average molecular weight is 672 g/mol. The third-order valence-corrected chi connectivity index (χ3v) is 8.79. The van der Waals surface area contributed by atoms with Crippen LogP contribution in [0.1, 0.15) is 19.3 Å². The highest BCUT2D eigenvalue weighted by Crippen LogP contribution is 2.26. The summed E-state index contributed by atoms with van der Waals surface area (Å²) in [4.78, 5) is 16.0. The van der Waals surface area contributed by atoms with Gasteiger partial charge >= 0.3 is 0 Å². The number of nitrogens with zero attached hydrogens (tertiary/aromatic N) is 6. The molecule has 0 N–H and O–H groups in total. The van der Waals surface area contributed by atoms with Crippen LogP contribution < -0.4 is 4.74 Å². The molecule has 7 aromatic rings. The van der Waals surface area contributed by atoms with Crippen LogP contribution in [-0.2, 0) is 0 Å². The predicted octanol–water partition coefficient (Wildman–Crippen LogP) is 8.74. The predicted molar refractivity (Wildman–Crippen MR) is 189 cm³/mol. The SMILES string of the molecule is Brc1ccc2c(c1)ncn2-c1ccccc1.c1ccc(-n2cnc3cc(-c4ccc(OCCN5CCCCC5)nc4)ccc32)cc1. The largest absolute Gasteiger partial charge is 0.476 e. The van der Waals surface area contributed by atoms with Gasteiger partial charge in [0.2, 0.25) is 5.88 Å². The van der Waals surface area contributed by atoms with Gasteiger partial charge in [0.15, 0.2) is 0 Å². The molecule has 1 aliphatic heterocycles. The van der Waals surface area contributed by atoms with E-state index in [0.717, 1.165) is 55.6 Å². The topological polar surface area (TPSA) is 61.0 Å². The molecule has 7 nitrogen and oxygen atoms in total. The number of likely N-dealkylation sites (tertiary alicyclic amines) is 1. The van der Waals surface area contributed by atoms with Gasteiger partial charge < -0.3 is 4.74 Å². The van der Waals surface area contributed by atoms with E-state index < -0.39 is 0 Å². The highest BCUT2D eigenvalue weighted by atomic mass is 79.9. The Labute approximate surface area is 277 Å². The molecule has 4 aromatic carbocycles. The Hall–Kier alpha value is -4.79. The van der Waals surface area contributed by atoms with Crippen molar-refractivity contribution >= 4 is 38.0 Å². The zero-order valence-corrected chi connectivity index (χ0v) is 27.1. The molecule has 0 aliphatic carbocycles. The van der Waals surface area contributed by atoms with Gasteiger partial charge in [-0.1, -0.05) is 64.8 Å². The third kappa shape index (κ3) is 6.88. The number of imidazole rings is 2. The smallest absolute Gasteiger partial charge is 0.213 e. The number of aromatic nitrogens is 5. The van der Waals surface area contributed by atoms with Crippen LogP contribution in [0.15, 0.2) is 133 Å². The quantitative estimate of drug-likeness (QED) is 0.170. The summed E-state index contributed by atoms with van der Waals surface area (Å²) in [6.07, 6.45) is 9.58. The Kier molecular flexibility index (Phi) is 9.16. The average Bonchev–Trinajstić information content (AvgIpc) is 3.74. The fraction of sp³-hybridized carbons (Fsp3) is 0.184. The lowest BCUT2D eigenvalue weighted by atomic mass is 10.1. The third-order valence-electron chi connectivity index (χ3n) is 8.30. The summed E-state index contributed by atoms with van der Waals surface area (Å²) >= 11 is 3.45. The monoisotopic (exact) mass is 670 g/mol. The zero-order chi connectivity index (χ0) is 31.1. The Morgan fingerprint density at radius 3 is 1.85 bits per heavy atom. The summed E-state index contributed by atoms with van der Waals surface area (Å²) in [5.74, 6) is 0.685. The van der Waals surface area contributed by atoms with Crippen molar-refractivity contribution in [3.05, 3.63) is 133 Å². The molecule has 1 fully saturated rings. The number of ether oxygens (including phenoxy) is 1. The molecule has 230 valence electrons. The lowest BCUT2D eigenvalue weighted by molar-refractivity contribution is 0.180. The minimum atomic E-state index is 0.685. The maximum absolute atomic E-state index is 5.85. The van der Waals surface area contributed by atoms with Crippen molar-refractivity contribution in [1.82, 2.24) is 29.0 Å². The molecule has 0 spiro atoms. The number of piperidine rings is 1. The summed E-state index contributed by atoms with van der Waals surface area (Å²) < 4.78 is 11.1. The maximum atomic E-state index is 5.85. The van der Waals surface area contributed by atoms with Gasteiger partial charge in [-0.3, -0.25) is 14.0 Å². The van der Waals surface area contributed by atoms with Crippen LogP contribution in [0.5, 0.6) is 5.88 Å². The van der Waals surface area contributed by atoms with Gasteiger partial charge in [0, 0.05) is 40.2 Å². The van der Waals surface area contributed by atoms with Gasteiger partial charge in [-0.25, -0.2) is 15.0 Å². The molecule has 3 aromatic heterocycles. The summed E-state index contributed by atoms with van der Waals surface area (Å²) in [5.41, 5.74) is 8.59. The number of halogens is 1. The summed E-state index contributed by atoms with van der Waals surface area (Å²) in [7, 11) is 0. The first-order chi connectivity index (χ1) is 22.7. The Morgan fingerprint density at radius 1 is 0.609 bits per heavy atom. The summed E-state index contributed by atoms with van der Waals surface area (Å²) in [5, 5.41) is 0. The van der Waals surface area contributed by atoms with E-state index in [2.05, 4.69) is 99.5 Å². The van der Waals surface area contributed by atoms with Crippen molar-refractivity contribution in [3.8, 4) is 28.4 Å². The number of hydrogen-bond acceptors (Lipinski definition) is 5. The molecule has 0 bridgehead atoms. The van der Waals surface area contributed by atoms with E-state index in [-0.39, 0.29) is 0 Å². The van der Waals surface area contributed by atoms with Crippen molar-refractivity contribution in [2.24, 2.45) is 0 Å². The van der Waals surface area contributed by atoms with Crippen LogP contribution in [0.25, 0.3) is 44.6 Å². The molecule has 8 heteroatoms. The van der Waals surface area contributed by atoms with Gasteiger partial charge in [0.25, 0.3) is 0 Å². The van der Waals surface area contributed by atoms with Crippen LogP contribution in [0.3, 0.4) is 0 Å². The highest BCUT2D eigenvalue weighted by molar-refractivity contribution is 9.10. The second-order valence-corrected chi connectivity index (χ2v) is 12.3. The first-order valence-electron chi connectivity index (χ1n) is 15.7. The fourth-order valence-electron chi connectivity index (χ4n) is 5.87. The first-order valence-corrected chi connectivity index (χ1v) is 16.5. The van der Waals surface area contributed by atoms with Crippen LogP contribution in [0.4, 0.5) is 0 Å². The molecule has 1 saturated heterocycles. The fourth-order valence-corrected chi connectivity index (χ4v) is 6.21. The van der Waals surface area contributed by atoms with Crippen LogP contribution in [-0.4, -0.2) is 55.2 Å². The van der Waals surface area contributed by atoms with Crippen LogP contribution >= 0.6 is 15.9 Å². The maximum Gasteiger partial charge on any atom is 0.213 e. The lowest BCUT2D eigenvalue weighted by Gasteiger charge is -2.26. The number of pyridine rings is 1. The molecular weight excluding hydrogens is 636 g/mol. The van der Waals surface area contributed by atoms with E-state index in [4.69, 9.17) is 4.74 Å². The van der Waals surface area contributed by atoms with Crippen molar-refractivity contribution in [2.45, 2.75) is 19.3 Å². The van der Waals surface area contributed by atoms with E-state index in [9.17, 15) is 0 Å².